The van der Waals surface area contributed by atoms with Gasteiger partial charge in [-0.3, -0.25) is 10.3 Å². The number of hydrogen-bond acceptors (Lipinski definition) is 6. The van der Waals surface area contributed by atoms with Crippen molar-refractivity contribution in [2.45, 2.75) is 31.6 Å². The molecule has 1 N–H and O–H groups in total. The van der Waals surface area contributed by atoms with Crippen LogP contribution in [0.25, 0.3) is 0 Å². The molecule has 0 bridgehead atoms. The minimum Gasteiger partial charge on any atom is -0.265 e. The Morgan fingerprint density at radius 1 is 1.40 bits per heavy atom. The van der Waals surface area contributed by atoms with Gasteiger partial charge in [-0.05, 0) is 26.8 Å². The number of hydroxylamine groups is 1. The first-order valence-corrected chi connectivity index (χ1v) is 7.13. The maximum absolute atomic E-state index is 14.3. The molecule has 0 aromatic carbocycles. The number of rotatable bonds is 3. The molecule has 0 radical (unpaired) electrons. The molecule has 0 atom stereocenters. The van der Waals surface area contributed by atoms with E-state index in [-0.39, 0.29) is 5.69 Å². The van der Waals surface area contributed by atoms with Gasteiger partial charge in [-0.25, -0.2) is 8.42 Å². The summed E-state index contributed by atoms with van der Waals surface area (Å²) in [6.45, 7) is 4.34. The average molecular weight is 308 g/mol. The Morgan fingerprint density at radius 2 is 2.00 bits per heavy atom. The van der Waals surface area contributed by atoms with Crippen LogP contribution < -0.4 is 5.48 Å². The molecule has 0 unspecified atom stereocenters. The van der Waals surface area contributed by atoms with Crippen molar-refractivity contribution < 1.29 is 22.0 Å². The molecule has 7 nitrogen and oxygen atoms in total. The molecular weight excluding hydrogens is 294 g/mol. The van der Waals surface area contributed by atoms with Gasteiger partial charge in [0.2, 0.25) is 0 Å². The van der Waals surface area contributed by atoms with E-state index in [9.17, 15) is 17.2 Å². The lowest BCUT2D eigenvalue weighted by Crippen LogP contribution is -2.32. The summed E-state index contributed by atoms with van der Waals surface area (Å²) in [6, 6.07) is 0. The van der Waals surface area contributed by atoms with Gasteiger partial charge in [-0.2, -0.15) is 23.8 Å². The molecule has 1 aliphatic rings. The summed E-state index contributed by atoms with van der Waals surface area (Å²) in [5.41, 5.74) is -0.0116. The van der Waals surface area contributed by atoms with Gasteiger partial charge >= 0.3 is 5.25 Å². The standard InChI is InChI=1S/C10H14F2N4O3S/c1-6-8(14-16(4)13-6)10(11,12)20(17,18)7-5-9(2,3)19-15-7/h5,15H,1-4H3. The Balaban J connectivity index is 2.51. The molecule has 10 heteroatoms. The molecule has 0 spiro atoms. The fourth-order valence-electron chi connectivity index (χ4n) is 1.73. The fourth-order valence-corrected chi connectivity index (χ4v) is 3.04. The minimum atomic E-state index is -5.00. The van der Waals surface area contributed by atoms with Crippen molar-refractivity contribution in [3.05, 3.63) is 22.5 Å². The van der Waals surface area contributed by atoms with E-state index < -0.39 is 31.4 Å². The molecule has 1 aromatic rings. The molecule has 1 aliphatic heterocycles. The number of sulfone groups is 1. The molecule has 2 heterocycles. The average Bonchev–Trinajstić information content (AvgIpc) is 2.81. The van der Waals surface area contributed by atoms with Crippen LogP contribution >= 0.6 is 0 Å². The Hall–Kier alpha value is -1.55. The lowest BCUT2D eigenvalue weighted by Gasteiger charge is -2.15. The Bertz CT molecular complexity index is 679. The molecular formula is C10H14F2N4O3S. The van der Waals surface area contributed by atoms with Crippen molar-refractivity contribution >= 4 is 9.84 Å². The van der Waals surface area contributed by atoms with Crippen LogP contribution in [0.1, 0.15) is 25.2 Å². The number of alkyl halides is 2. The smallest absolute Gasteiger partial charge is 0.265 e. The third-order valence-electron chi connectivity index (χ3n) is 2.68. The van der Waals surface area contributed by atoms with E-state index in [0.29, 0.717) is 0 Å². The van der Waals surface area contributed by atoms with Crippen LogP contribution in [0.3, 0.4) is 0 Å². The topological polar surface area (TPSA) is 86.1 Å². The molecule has 1 aromatic heterocycles. The third kappa shape index (κ3) is 2.18. The number of halogens is 2. The third-order valence-corrected chi connectivity index (χ3v) is 4.33. The van der Waals surface area contributed by atoms with Gasteiger partial charge in [0.25, 0.3) is 9.84 Å². The van der Waals surface area contributed by atoms with E-state index in [2.05, 4.69) is 10.2 Å². The first-order valence-electron chi connectivity index (χ1n) is 5.65. The number of nitrogens with zero attached hydrogens (tertiary/aromatic N) is 3. The molecule has 112 valence electrons. The van der Waals surface area contributed by atoms with E-state index in [1.165, 1.54) is 27.8 Å². The van der Waals surface area contributed by atoms with Crippen molar-refractivity contribution in [1.29, 1.82) is 0 Å². The highest BCUT2D eigenvalue weighted by Gasteiger charge is 2.54. The van der Waals surface area contributed by atoms with Crippen LogP contribution in [0.4, 0.5) is 8.78 Å². The van der Waals surface area contributed by atoms with Crippen molar-refractivity contribution in [3.63, 3.8) is 0 Å². The Labute approximate surface area is 114 Å². The molecule has 2 rings (SSSR count). The zero-order chi connectivity index (χ0) is 15.3. The summed E-state index contributed by atoms with van der Waals surface area (Å²) in [5, 5.41) is 2.19. The van der Waals surface area contributed by atoms with E-state index in [0.717, 1.165) is 10.9 Å². The summed E-state index contributed by atoms with van der Waals surface area (Å²) in [4.78, 5) is 5.80. The van der Waals surface area contributed by atoms with Crippen LogP contribution in [0.2, 0.25) is 0 Å². The van der Waals surface area contributed by atoms with Gasteiger partial charge in [0.1, 0.15) is 5.60 Å². The van der Waals surface area contributed by atoms with Crippen LogP contribution in [0, 0.1) is 6.92 Å². The highest BCUT2D eigenvalue weighted by Crippen LogP contribution is 2.39. The summed E-state index contributed by atoms with van der Waals surface area (Å²) in [6.07, 6.45) is 1.09. The van der Waals surface area contributed by atoms with E-state index in [4.69, 9.17) is 4.84 Å². The number of nitrogens with one attached hydrogen (secondary N) is 1. The van der Waals surface area contributed by atoms with Crippen LogP contribution in [-0.2, 0) is 27.0 Å². The second kappa shape index (κ2) is 4.22. The van der Waals surface area contributed by atoms with Gasteiger partial charge < -0.3 is 0 Å². The first kappa shape index (κ1) is 14.9. The number of hydrogen-bond donors (Lipinski definition) is 1. The van der Waals surface area contributed by atoms with Gasteiger partial charge in [0.15, 0.2) is 10.7 Å². The number of aromatic nitrogens is 3. The van der Waals surface area contributed by atoms with E-state index in [1.807, 2.05) is 5.48 Å². The molecule has 0 aliphatic carbocycles. The maximum atomic E-state index is 14.3. The molecule has 0 amide bonds. The van der Waals surface area contributed by atoms with Gasteiger partial charge in [0, 0.05) is 7.05 Å². The van der Waals surface area contributed by atoms with Crippen molar-refractivity contribution in [2.24, 2.45) is 7.05 Å². The van der Waals surface area contributed by atoms with Crippen LogP contribution in [0.5, 0.6) is 0 Å². The van der Waals surface area contributed by atoms with Gasteiger partial charge in [-0.1, -0.05) is 0 Å². The van der Waals surface area contributed by atoms with Gasteiger partial charge in [0.05, 0.1) is 5.69 Å². The van der Waals surface area contributed by atoms with Crippen molar-refractivity contribution in [2.75, 3.05) is 0 Å². The maximum Gasteiger partial charge on any atom is 0.396 e. The quantitative estimate of drug-likeness (QED) is 0.886. The predicted molar refractivity (Wildman–Crippen MR) is 64.9 cm³/mol. The second-order valence-electron chi connectivity index (χ2n) is 4.96. The largest absolute Gasteiger partial charge is 0.396 e. The highest BCUT2D eigenvalue weighted by atomic mass is 32.2. The van der Waals surface area contributed by atoms with Crippen molar-refractivity contribution in [3.8, 4) is 0 Å². The summed E-state index contributed by atoms with van der Waals surface area (Å²) in [5.74, 6) is 0. The molecule has 20 heavy (non-hydrogen) atoms. The lowest BCUT2D eigenvalue weighted by atomic mass is 10.1. The Morgan fingerprint density at radius 3 is 2.40 bits per heavy atom. The predicted octanol–water partition coefficient (Wildman–Crippen LogP) is 0.742. The summed E-state index contributed by atoms with van der Waals surface area (Å²) in [7, 11) is -3.66. The van der Waals surface area contributed by atoms with Gasteiger partial charge in [-0.15, -0.1) is 0 Å². The lowest BCUT2D eigenvalue weighted by molar-refractivity contribution is -0.0136. The molecule has 0 fully saturated rings. The second-order valence-corrected chi connectivity index (χ2v) is 6.92. The monoisotopic (exact) mass is 308 g/mol. The van der Waals surface area contributed by atoms with Crippen molar-refractivity contribution in [1.82, 2.24) is 20.5 Å². The fraction of sp³-hybridized carbons (Fsp3) is 0.600. The molecule has 0 saturated carbocycles. The normalized spacial score (nSPS) is 18.8. The number of aryl methyl sites for hydroxylation is 2. The van der Waals surface area contributed by atoms with Crippen LogP contribution in [0.15, 0.2) is 11.1 Å². The minimum absolute atomic E-state index is 0.153. The highest BCUT2D eigenvalue weighted by molar-refractivity contribution is 7.95. The first-order chi connectivity index (χ1) is 8.97. The molecule has 0 saturated heterocycles. The van der Waals surface area contributed by atoms with E-state index >= 15 is 0 Å². The van der Waals surface area contributed by atoms with Crippen LogP contribution in [-0.4, -0.2) is 29.0 Å². The van der Waals surface area contributed by atoms with E-state index in [1.54, 1.807) is 0 Å². The summed E-state index contributed by atoms with van der Waals surface area (Å²) >= 11 is 0. The zero-order valence-corrected chi connectivity index (χ0v) is 12.1. The SMILES string of the molecule is Cc1nn(C)nc1C(F)(F)S(=O)(=O)C1=CC(C)(C)ON1. The summed E-state index contributed by atoms with van der Waals surface area (Å²) < 4.78 is 52.7. The Kier molecular flexibility index (Phi) is 3.13. The zero-order valence-electron chi connectivity index (χ0n) is 11.3.